The molecule has 1 heterocycles. The van der Waals surface area contributed by atoms with Gasteiger partial charge in [0.2, 0.25) is 0 Å². The molecule has 0 saturated heterocycles. The van der Waals surface area contributed by atoms with Crippen molar-refractivity contribution in [2.45, 2.75) is 4.90 Å². The van der Waals surface area contributed by atoms with Crippen molar-refractivity contribution >= 4 is 15.5 Å². The van der Waals surface area contributed by atoms with Gasteiger partial charge in [0.25, 0.3) is 0 Å². The molecule has 1 aliphatic rings. The van der Waals surface area contributed by atoms with Crippen LogP contribution in [0.3, 0.4) is 0 Å². The second-order valence-electron chi connectivity index (χ2n) is 3.57. The summed E-state index contributed by atoms with van der Waals surface area (Å²) >= 11 is 0. The van der Waals surface area contributed by atoms with Crippen LogP contribution in [0.15, 0.2) is 23.1 Å². The molecule has 82 valence electrons. The standard InChI is InChI=1S/C10H13NO3S/c1-11-5-6-15(12,13)10-4-3-8(14-2)7-9(10)11/h3-4,7H,5-6H2,1-2H3. The lowest BCUT2D eigenvalue weighted by molar-refractivity contribution is 0.414. The van der Waals surface area contributed by atoms with Crippen molar-refractivity contribution in [2.75, 3.05) is 31.4 Å². The van der Waals surface area contributed by atoms with Crippen molar-refractivity contribution in [1.29, 1.82) is 0 Å². The molecule has 1 aromatic rings. The van der Waals surface area contributed by atoms with Crippen LogP contribution in [0.5, 0.6) is 5.75 Å². The molecule has 0 spiro atoms. The maximum Gasteiger partial charge on any atom is 0.182 e. The van der Waals surface area contributed by atoms with Gasteiger partial charge in [0.05, 0.1) is 23.4 Å². The quantitative estimate of drug-likeness (QED) is 0.715. The fourth-order valence-corrected chi connectivity index (χ4v) is 3.22. The van der Waals surface area contributed by atoms with Crippen molar-refractivity contribution in [1.82, 2.24) is 0 Å². The normalized spacial score (nSPS) is 18.4. The van der Waals surface area contributed by atoms with Crippen molar-refractivity contribution < 1.29 is 13.2 Å². The van der Waals surface area contributed by atoms with Gasteiger partial charge in [-0.1, -0.05) is 0 Å². The summed E-state index contributed by atoms with van der Waals surface area (Å²) < 4.78 is 28.6. The van der Waals surface area contributed by atoms with Gasteiger partial charge in [0.15, 0.2) is 9.84 Å². The van der Waals surface area contributed by atoms with E-state index in [9.17, 15) is 8.42 Å². The van der Waals surface area contributed by atoms with Gasteiger partial charge in [0.1, 0.15) is 5.75 Å². The monoisotopic (exact) mass is 227 g/mol. The molecule has 1 aromatic carbocycles. The van der Waals surface area contributed by atoms with Crippen LogP contribution in [-0.2, 0) is 9.84 Å². The molecule has 15 heavy (non-hydrogen) atoms. The molecular weight excluding hydrogens is 214 g/mol. The van der Waals surface area contributed by atoms with Crippen LogP contribution < -0.4 is 9.64 Å². The highest BCUT2D eigenvalue weighted by Gasteiger charge is 2.26. The zero-order chi connectivity index (χ0) is 11.1. The number of sulfone groups is 1. The minimum absolute atomic E-state index is 0.183. The van der Waals surface area contributed by atoms with Gasteiger partial charge in [-0.05, 0) is 12.1 Å². The molecule has 0 atom stereocenters. The van der Waals surface area contributed by atoms with Crippen molar-refractivity contribution in [2.24, 2.45) is 0 Å². The van der Waals surface area contributed by atoms with Crippen LogP contribution in [-0.4, -0.2) is 34.9 Å². The van der Waals surface area contributed by atoms with E-state index >= 15 is 0 Å². The molecule has 0 unspecified atom stereocenters. The molecule has 4 nitrogen and oxygen atoms in total. The summed E-state index contributed by atoms with van der Waals surface area (Å²) in [5.74, 6) is 0.862. The second kappa shape index (κ2) is 3.41. The fourth-order valence-electron chi connectivity index (χ4n) is 1.67. The maximum absolute atomic E-state index is 11.8. The largest absolute Gasteiger partial charge is 0.497 e. The van der Waals surface area contributed by atoms with Crippen molar-refractivity contribution in [3.05, 3.63) is 18.2 Å². The Morgan fingerprint density at radius 3 is 2.80 bits per heavy atom. The lowest BCUT2D eigenvalue weighted by Crippen LogP contribution is -2.31. The number of hydrogen-bond donors (Lipinski definition) is 0. The molecular formula is C10H13NO3S. The van der Waals surface area contributed by atoms with E-state index < -0.39 is 9.84 Å². The van der Waals surface area contributed by atoms with Gasteiger partial charge < -0.3 is 9.64 Å². The highest BCUT2D eigenvalue weighted by molar-refractivity contribution is 7.91. The summed E-state index contributed by atoms with van der Waals surface area (Å²) in [5.41, 5.74) is 0.723. The molecule has 0 radical (unpaired) electrons. The number of nitrogens with zero attached hydrogens (tertiary/aromatic N) is 1. The highest BCUT2D eigenvalue weighted by Crippen LogP contribution is 2.32. The molecule has 0 amide bonds. The number of fused-ring (bicyclic) bond motifs is 1. The van der Waals surface area contributed by atoms with Gasteiger partial charge in [-0.3, -0.25) is 0 Å². The van der Waals surface area contributed by atoms with Gasteiger partial charge in [0, 0.05) is 19.7 Å². The number of benzene rings is 1. The van der Waals surface area contributed by atoms with E-state index in [0.717, 1.165) is 5.69 Å². The van der Waals surface area contributed by atoms with Crippen LogP contribution in [0.25, 0.3) is 0 Å². The van der Waals surface area contributed by atoms with E-state index in [1.165, 1.54) is 0 Å². The number of methoxy groups -OCH3 is 1. The van der Waals surface area contributed by atoms with E-state index in [-0.39, 0.29) is 5.75 Å². The summed E-state index contributed by atoms with van der Waals surface area (Å²) in [7, 11) is 0.353. The van der Waals surface area contributed by atoms with E-state index in [4.69, 9.17) is 4.74 Å². The first-order chi connectivity index (χ1) is 7.04. The van der Waals surface area contributed by atoms with E-state index in [2.05, 4.69) is 0 Å². The summed E-state index contributed by atoms with van der Waals surface area (Å²) in [4.78, 5) is 2.33. The Hall–Kier alpha value is -1.23. The lowest BCUT2D eigenvalue weighted by Gasteiger charge is -2.27. The molecule has 0 aromatic heterocycles. The zero-order valence-electron chi connectivity index (χ0n) is 8.73. The topological polar surface area (TPSA) is 46.6 Å². The van der Waals surface area contributed by atoms with Gasteiger partial charge in [-0.25, -0.2) is 8.42 Å². The molecule has 0 fully saturated rings. The van der Waals surface area contributed by atoms with Crippen molar-refractivity contribution in [3.63, 3.8) is 0 Å². The summed E-state index contributed by atoms with van der Waals surface area (Å²) in [6.07, 6.45) is 0. The van der Waals surface area contributed by atoms with E-state index in [1.54, 1.807) is 25.3 Å². The molecule has 1 aliphatic heterocycles. The summed E-state index contributed by atoms with van der Waals surface area (Å²) in [5, 5.41) is 0. The first-order valence-electron chi connectivity index (χ1n) is 4.66. The molecule has 0 saturated carbocycles. The third-order valence-corrected chi connectivity index (χ3v) is 4.34. The van der Waals surface area contributed by atoms with Crippen LogP contribution in [0.2, 0.25) is 0 Å². The smallest absolute Gasteiger partial charge is 0.182 e. The number of anilines is 1. The summed E-state index contributed by atoms with van der Waals surface area (Å²) in [6.45, 7) is 0.530. The molecule has 0 bridgehead atoms. The Kier molecular flexibility index (Phi) is 2.34. The van der Waals surface area contributed by atoms with Crippen LogP contribution in [0.1, 0.15) is 0 Å². The number of hydrogen-bond acceptors (Lipinski definition) is 4. The Balaban J connectivity index is 2.62. The predicted octanol–water partition coefficient (Wildman–Crippen LogP) is 0.919. The van der Waals surface area contributed by atoms with E-state index in [0.29, 0.717) is 17.2 Å². The Morgan fingerprint density at radius 2 is 2.13 bits per heavy atom. The van der Waals surface area contributed by atoms with Gasteiger partial charge >= 0.3 is 0 Å². The van der Waals surface area contributed by atoms with Crippen molar-refractivity contribution in [3.8, 4) is 5.75 Å². The van der Waals surface area contributed by atoms with E-state index in [1.807, 2.05) is 11.9 Å². The molecule has 5 heteroatoms. The third-order valence-electron chi connectivity index (χ3n) is 2.61. The van der Waals surface area contributed by atoms with Crippen LogP contribution in [0, 0.1) is 0 Å². The number of ether oxygens (including phenoxy) is 1. The molecule has 0 N–H and O–H groups in total. The first kappa shape index (κ1) is 10.3. The third kappa shape index (κ3) is 1.67. The average molecular weight is 227 g/mol. The predicted molar refractivity (Wildman–Crippen MR) is 58.3 cm³/mol. The average Bonchev–Trinajstić information content (AvgIpc) is 2.23. The maximum atomic E-state index is 11.8. The summed E-state index contributed by atoms with van der Waals surface area (Å²) in [6, 6.07) is 5.04. The minimum Gasteiger partial charge on any atom is -0.497 e. The van der Waals surface area contributed by atoms with Crippen LogP contribution in [0.4, 0.5) is 5.69 Å². The Morgan fingerprint density at radius 1 is 1.40 bits per heavy atom. The zero-order valence-corrected chi connectivity index (χ0v) is 9.54. The molecule has 0 aliphatic carbocycles. The fraction of sp³-hybridized carbons (Fsp3) is 0.400. The lowest BCUT2D eigenvalue weighted by atomic mass is 10.2. The first-order valence-corrected chi connectivity index (χ1v) is 6.32. The minimum atomic E-state index is -3.10. The SMILES string of the molecule is COc1ccc2c(c1)N(C)CCS2(=O)=O. The Labute approximate surface area is 89.4 Å². The second-order valence-corrected chi connectivity index (χ2v) is 5.65. The Bertz CT molecular complexity index is 481. The van der Waals surface area contributed by atoms with Gasteiger partial charge in [-0.15, -0.1) is 0 Å². The van der Waals surface area contributed by atoms with Crippen LogP contribution >= 0.6 is 0 Å². The molecule has 2 rings (SSSR count). The van der Waals surface area contributed by atoms with Gasteiger partial charge in [-0.2, -0.15) is 0 Å². The number of rotatable bonds is 1. The highest BCUT2D eigenvalue weighted by atomic mass is 32.2.